The third kappa shape index (κ3) is 4.29. The van der Waals surface area contributed by atoms with Gasteiger partial charge in [-0.1, -0.05) is 37.3 Å². The van der Waals surface area contributed by atoms with Gasteiger partial charge in [0.05, 0.1) is 6.04 Å². The summed E-state index contributed by atoms with van der Waals surface area (Å²) in [5.74, 6) is -0.945. The van der Waals surface area contributed by atoms with E-state index in [-0.39, 0.29) is 17.9 Å². The van der Waals surface area contributed by atoms with E-state index >= 15 is 0 Å². The summed E-state index contributed by atoms with van der Waals surface area (Å²) < 4.78 is 0. The van der Waals surface area contributed by atoms with E-state index < -0.39 is 12.0 Å². The van der Waals surface area contributed by atoms with Gasteiger partial charge in [0, 0.05) is 0 Å². The highest BCUT2D eigenvalue weighted by Crippen LogP contribution is 2.15. The minimum Gasteiger partial charge on any atom is -0.480 e. The average Bonchev–Trinajstić information content (AvgIpc) is 2.90. The molecule has 1 aliphatic rings. The van der Waals surface area contributed by atoms with Crippen LogP contribution >= 0.6 is 0 Å². The van der Waals surface area contributed by atoms with E-state index in [1.54, 1.807) is 0 Å². The molecule has 5 nitrogen and oxygen atoms in total. The van der Waals surface area contributed by atoms with Crippen LogP contribution in [-0.4, -0.2) is 35.6 Å². The fraction of sp³-hybridized carbons (Fsp3) is 0.500. The number of carbonyl (C=O) groups excluding carboxylic acids is 1. The zero-order chi connectivity index (χ0) is 15.2. The molecule has 0 radical (unpaired) electrons. The molecule has 5 heteroatoms. The van der Waals surface area contributed by atoms with E-state index in [1.807, 2.05) is 37.3 Å². The second-order valence-electron chi connectivity index (χ2n) is 5.62. The molecule has 0 aromatic heterocycles. The molecular weight excluding hydrogens is 268 g/mol. The normalized spacial score (nSPS) is 22.7. The smallest absolute Gasteiger partial charge is 0.326 e. The lowest BCUT2D eigenvalue weighted by molar-refractivity contribution is -0.142. The molecule has 1 amide bonds. The van der Waals surface area contributed by atoms with Gasteiger partial charge in [-0.05, 0) is 37.3 Å². The van der Waals surface area contributed by atoms with Crippen LogP contribution < -0.4 is 10.6 Å². The van der Waals surface area contributed by atoms with E-state index in [2.05, 4.69) is 10.6 Å². The Balaban J connectivity index is 1.90. The second-order valence-corrected chi connectivity index (χ2v) is 5.62. The molecule has 1 aromatic rings. The molecule has 114 valence electrons. The quantitative estimate of drug-likeness (QED) is 0.735. The average molecular weight is 290 g/mol. The monoisotopic (exact) mass is 290 g/mol. The molecule has 1 saturated heterocycles. The zero-order valence-electron chi connectivity index (χ0n) is 12.2. The fourth-order valence-electron chi connectivity index (χ4n) is 2.66. The molecule has 1 aromatic carbocycles. The SMILES string of the molecule is CC1CCNC1C(=O)N[C@@H](CCc1ccccc1)C(=O)O. The van der Waals surface area contributed by atoms with Crippen molar-refractivity contribution in [2.24, 2.45) is 5.92 Å². The van der Waals surface area contributed by atoms with Crippen molar-refractivity contribution in [1.29, 1.82) is 0 Å². The predicted octanol–water partition coefficient (Wildman–Crippen LogP) is 1.19. The first-order chi connectivity index (χ1) is 10.1. The maximum Gasteiger partial charge on any atom is 0.326 e. The number of amides is 1. The Morgan fingerprint density at radius 3 is 2.67 bits per heavy atom. The summed E-state index contributed by atoms with van der Waals surface area (Å²) in [6.07, 6.45) is 1.97. The lowest BCUT2D eigenvalue weighted by atomic mass is 10.0. The van der Waals surface area contributed by atoms with Gasteiger partial charge < -0.3 is 15.7 Å². The molecular formula is C16H22N2O3. The molecule has 0 saturated carbocycles. The van der Waals surface area contributed by atoms with Crippen molar-refractivity contribution in [2.75, 3.05) is 6.54 Å². The number of carbonyl (C=O) groups is 2. The van der Waals surface area contributed by atoms with Crippen molar-refractivity contribution in [1.82, 2.24) is 10.6 Å². The Labute approximate surface area is 124 Å². The first-order valence-electron chi connectivity index (χ1n) is 7.38. The molecule has 2 unspecified atom stereocenters. The molecule has 0 aliphatic carbocycles. The van der Waals surface area contributed by atoms with Crippen LogP contribution in [0.5, 0.6) is 0 Å². The molecule has 2 rings (SSSR count). The van der Waals surface area contributed by atoms with Crippen LogP contribution in [0.25, 0.3) is 0 Å². The van der Waals surface area contributed by atoms with Crippen LogP contribution in [0.4, 0.5) is 0 Å². The summed E-state index contributed by atoms with van der Waals surface area (Å²) in [5.41, 5.74) is 1.07. The number of carboxylic acid groups (broad SMARTS) is 1. The Morgan fingerprint density at radius 2 is 2.10 bits per heavy atom. The maximum atomic E-state index is 12.1. The van der Waals surface area contributed by atoms with Crippen LogP contribution in [0.1, 0.15) is 25.3 Å². The van der Waals surface area contributed by atoms with Gasteiger partial charge in [-0.25, -0.2) is 4.79 Å². The van der Waals surface area contributed by atoms with Crippen LogP contribution in [0.2, 0.25) is 0 Å². The summed E-state index contributed by atoms with van der Waals surface area (Å²) in [6.45, 7) is 2.81. The summed E-state index contributed by atoms with van der Waals surface area (Å²) in [6, 6.07) is 8.58. The number of hydrogen-bond acceptors (Lipinski definition) is 3. The highest BCUT2D eigenvalue weighted by molar-refractivity contribution is 5.87. The molecule has 3 atom stereocenters. The summed E-state index contributed by atoms with van der Waals surface area (Å²) >= 11 is 0. The van der Waals surface area contributed by atoms with Gasteiger partial charge in [-0.3, -0.25) is 4.79 Å². The zero-order valence-corrected chi connectivity index (χ0v) is 12.2. The largest absolute Gasteiger partial charge is 0.480 e. The summed E-state index contributed by atoms with van der Waals surface area (Å²) in [7, 11) is 0. The van der Waals surface area contributed by atoms with E-state index in [0.717, 1.165) is 18.5 Å². The number of benzene rings is 1. The highest BCUT2D eigenvalue weighted by Gasteiger charge is 2.31. The van der Waals surface area contributed by atoms with Crippen molar-refractivity contribution in [3.05, 3.63) is 35.9 Å². The maximum absolute atomic E-state index is 12.1. The third-order valence-corrected chi connectivity index (χ3v) is 3.99. The van der Waals surface area contributed by atoms with Crippen molar-refractivity contribution < 1.29 is 14.7 Å². The lowest BCUT2D eigenvalue weighted by Gasteiger charge is -2.20. The van der Waals surface area contributed by atoms with Crippen molar-refractivity contribution >= 4 is 11.9 Å². The van der Waals surface area contributed by atoms with Crippen LogP contribution in [0, 0.1) is 5.92 Å². The summed E-state index contributed by atoms with van der Waals surface area (Å²) in [4.78, 5) is 23.5. The van der Waals surface area contributed by atoms with Crippen LogP contribution in [0.15, 0.2) is 30.3 Å². The molecule has 3 N–H and O–H groups in total. The molecule has 0 bridgehead atoms. The number of aryl methyl sites for hydroxylation is 1. The van der Waals surface area contributed by atoms with Crippen molar-refractivity contribution in [3.63, 3.8) is 0 Å². The van der Waals surface area contributed by atoms with Crippen LogP contribution in [0.3, 0.4) is 0 Å². The molecule has 0 spiro atoms. The van der Waals surface area contributed by atoms with Crippen molar-refractivity contribution in [3.8, 4) is 0 Å². The standard InChI is InChI=1S/C16H22N2O3/c1-11-9-10-17-14(11)15(19)18-13(16(20)21)8-7-12-5-3-2-4-6-12/h2-6,11,13-14,17H,7-10H2,1H3,(H,18,19)(H,20,21)/t11?,13-,14?/m0/s1. The first kappa shape index (κ1) is 15.5. The van der Waals surface area contributed by atoms with E-state index in [9.17, 15) is 14.7 Å². The fourth-order valence-corrected chi connectivity index (χ4v) is 2.66. The van der Waals surface area contributed by atoms with E-state index in [4.69, 9.17) is 0 Å². The number of rotatable bonds is 6. The number of carboxylic acids is 1. The molecule has 21 heavy (non-hydrogen) atoms. The number of hydrogen-bond donors (Lipinski definition) is 3. The van der Waals surface area contributed by atoms with Gasteiger partial charge in [0.2, 0.25) is 5.91 Å². The molecule has 1 fully saturated rings. The van der Waals surface area contributed by atoms with Gasteiger partial charge in [-0.2, -0.15) is 0 Å². The van der Waals surface area contributed by atoms with Gasteiger partial charge in [0.1, 0.15) is 6.04 Å². The topological polar surface area (TPSA) is 78.4 Å². The Bertz CT molecular complexity index is 490. The minimum absolute atomic E-state index is 0.208. The first-order valence-corrected chi connectivity index (χ1v) is 7.38. The summed E-state index contributed by atoms with van der Waals surface area (Å²) in [5, 5.41) is 15.1. The second kappa shape index (κ2) is 7.22. The van der Waals surface area contributed by atoms with E-state index in [0.29, 0.717) is 12.8 Å². The van der Waals surface area contributed by atoms with E-state index in [1.165, 1.54) is 0 Å². The van der Waals surface area contributed by atoms with Gasteiger partial charge >= 0.3 is 5.97 Å². The lowest BCUT2D eigenvalue weighted by Crippen LogP contribution is -2.50. The Morgan fingerprint density at radius 1 is 1.38 bits per heavy atom. The Hall–Kier alpha value is -1.88. The van der Waals surface area contributed by atoms with Gasteiger partial charge in [0.25, 0.3) is 0 Å². The van der Waals surface area contributed by atoms with Crippen molar-refractivity contribution in [2.45, 2.75) is 38.3 Å². The third-order valence-electron chi connectivity index (χ3n) is 3.99. The predicted molar refractivity (Wildman–Crippen MR) is 79.9 cm³/mol. The highest BCUT2D eigenvalue weighted by atomic mass is 16.4. The number of aliphatic carboxylic acids is 1. The van der Waals surface area contributed by atoms with Gasteiger partial charge in [0.15, 0.2) is 0 Å². The molecule has 1 aliphatic heterocycles. The number of nitrogens with one attached hydrogen (secondary N) is 2. The minimum atomic E-state index is -0.982. The van der Waals surface area contributed by atoms with Crippen LogP contribution in [-0.2, 0) is 16.0 Å². The Kier molecular flexibility index (Phi) is 5.33. The molecule has 1 heterocycles. The van der Waals surface area contributed by atoms with Gasteiger partial charge in [-0.15, -0.1) is 0 Å².